The van der Waals surface area contributed by atoms with E-state index in [1.807, 2.05) is 0 Å². The Bertz CT molecular complexity index is 902. The van der Waals surface area contributed by atoms with E-state index in [9.17, 15) is 13.2 Å². The molecule has 2 rings (SSSR count). The van der Waals surface area contributed by atoms with Crippen molar-refractivity contribution in [3.63, 3.8) is 0 Å². The monoisotopic (exact) mass is 434 g/mol. The lowest BCUT2D eigenvalue weighted by Gasteiger charge is -2.19. The van der Waals surface area contributed by atoms with Crippen LogP contribution in [0.1, 0.15) is 25.5 Å². The Labute approximate surface area is 167 Å². The zero-order chi connectivity index (χ0) is 19.5. The lowest BCUT2D eigenvalue weighted by atomic mass is 10.1. The highest BCUT2D eigenvalue weighted by molar-refractivity contribution is 7.89. The molecule has 140 valence electrons. The van der Waals surface area contributed by atoms with Crippen molar-refractivity contribution in [1.29, 1.82) is 0 Å². The number of halogens is 3. The molecule has 0 radical (unpaired) electrons. The summed E-state index contributed by atoms with van der Waals surface area (Å²) >= 11 is 17.6. The molecule has 0 heterocycles. The van der Waals surface area contributed by atoms with Gasteiger partial charge in [0.1, 0.15) is 0 Å². The van der Waals surface area contributed by atoms with Gasteiger partial charge in [-0.25, -0.2) is 8.42 Å². The molecule has 9 heteroatoms. The molecule has 0 aliphatic heterocycles. The van der Waals surface area contributed by atoms with E-state index >= 15 is 0 Å². The maximum absolute atomic E-state index is 12.3. The SMILES string of the molecule is CC(NC(=O)[C@H](C)NS(=O)(=O)c1ccc(Cl)cc1)c1ccc(Cl)c(Cl)c1. The fourth-order valence-electron chi connectivity index (χ4n) is 2.17. The van der Waals surface area contributed by atoms with Crippen LogP contribution in [0, 0.1) is 0 Å². The van der Waals surface area contributed by atoms with Gasteiger partial charge in [-0.15, -0.1) is 0 Å². The Morgan fingerprint density at radius 3 is 2.15 bits per heavy atom. The molecule has 0 aliphatic carbocycles. The zero-order valence-corrected chi connectivity index (χ0v) is 17.0. The van der Waals surface area contributed by atoms with Gasteiger partial charge in [-0.3, -0.25) is 4.79 Å². The van der Waals surface area contributed by atoms with Gasteiger partial charge in [-0.2, -0.15) is 4.72 Å². The van der Waals surface area contributed by atoms with Crippen molar-refractivity contribution in [2.45, 2.75) is 30.8 Å². The molecule has 2 aromatic carbocycles. The second kappa shape index (κ2) is 8.59. The number of carbonyl (C=O) groups excluding carboxylic acids is 1. The Balaban J connectivity index is 2.04. The maximum Gasteiger partial charge on any atom is 0.241 e. The maximum atomic E-state index is 12.3. The molecule has 0 saturated carbocycles. The topological polar surface area (TPSA) is 75.3 Å². The predicted molar refractivity (Wildman–Crippen MR) is 104 cm³/mol. The highest BCUT2D eigenvalue weighted by atomic mass is 35.5. The van der Waals surface area contributed by atoms with E-state index in [4.69, 9.17) is 34.8 Å². The van der Waals surface area contributed by atoms with Crippen LogP contribution in [0.15, 0.2) is 47.4 Å². The van der Waals surface area contributed by atoms with Crippen molar-refractivity contribution in [2.75, 3.05) is 0 Å². The molecule has 5 nitrogen and oxygen atoms in total. The minimum Gasteiger partial charge on any atom is -0.348 e. The van der Waals surface area contributed by atoms with E-state index in [0.29, 0.717) is 15.1 Å². The van der Waals surface area contributed by atoms with Gasteiger partial charge in [-0.1, -0.05) is 40.9 Å². The first-order valence-electron chi connectivity index (χ1n) is 7.63. The van der Waals surface area contributed by atoms with Crippen molar-refractivity contribution in [1.82, 2.24) is 10.0 Å². The molecule has 1 unspecified atom stereocenters. The summed E-state index contributed by atoms with van der Waals surface area (Å²) < 4.78 is 27.0. The Kier molecular flexibility index (Phi) is 6.93. The summed E-state index contributed by atoms with van der Waals surface area (Å²) in [6, 6.07) is 9.34. The number of rotatable bonds is 6. The average molecular weight is 436 g/mol. The van der Waals surface area contributed by atoms with Crippen molar-refractivity contribution in [2.24, 2.45) is 0 Å². The Hall–Kier alpha value is -1.31. The van der Waals surface area contributed by atoms with Crippen molar-refractivity contribution >= 4 is 50.7 Å². The number of carbonyl (C=O) groups is 1. The summed E-state index contributed by atoms with van der Waals surface area (Å²) in [7, 11) is -3.84. The van der Waals surface area contributed by atoms with Gasteiger partial charge in [0.2, 0.25) is 15.9 Å². The van der Waals surface area contributed by atoms with E-state index in [1.54, 1.807) is 25.1 Å². The summed E-state index contributed by atoms with van der Waals surface area (Å²) in [4.78, 5) is 12.4. The van der Waals surface area contributed by atoms with Crippen molar-refractivity contribution in [3.8, 4) is 0 Å². The number of nitrogens with one attached hydrogen (secondary N) is 2. The Morgan fingerprint density at radius 2 is 1.58 bits per heavy atom. The van der Waals surface area contributed by atoms with E-state index < -0.39 is 22.0 Å². The third-order valence-corrected chi connectivity index (χ3v) is 6.20. The smallest absolute Gasteiger partial charge is 0.241 e. The van der Waals surface area contributed by atoms with Gasteiger partial charge in [0, 0.05) is 5.02 Å². The van der Waals surface area contributed by atoms with Gasteiger partial charge >= 0.3 is 0 Å². The van der Waals surface area contributed by atoms with Crippen LogP contribution >= 0.6 is 34.8 Å². The van der Waals surface area contributed by atoms with Crippen LogP contribution in [-0.2, 0) is 14.8 Å². The fourth-order valence-corrected chi connectivity index (χ4v) is 3.81. The van der Waals surface area contributed by atoms with Crippen molar-refractivity contribution < 1.29 is 13.2 Å². The van der Waals surface area contributed by atoms with Crippen LogP contribution in [-0.4, -0.2) is 20.4 Å². The first-order chi connectivity index (χ1) is 12.1. The second-order valence-electron chi connectivity index (χ2n) is 5.70. The second-order valence-corrected chi connectivity index (χ2v) is 8.67. The first-order valence-corrected chi connectivity index (χ1v) is 10.2. The Morgan fingerprint density at radius 1 is 0.962 bits per heavy atom. The number of amides is 1. The van der Waals surface area contributed by atoms with Crippen LogP contribution in [0.2, 0.25) is 15.1 Å². The molecule has 26 heavy (non-hydrogen) atoms. The fraction of sp³-hybridized carbons (Fsp3) is 0.235. The number of sulfonamides is 1. The lowest BCUT2D eigenvalue weighted by Crippen LogP contribution is -2.45. The van der Waals surface area contributed by atoms with Crippen LogP contribution in [0.25, 0.3) is 0 Å². The van der Waals surface area contributed by atoms with Gasteiger partial charge < -0.3 is 5.32 Å². The first kappa shape index (κ1) is 21.0. The van der Waals surface area contributed by atoms with E-state index in [1.165, 1.54) is 31.2 Å². The lowest BCUT2D eigenvalue weighted by molar-refractivity contribution is -0.123. The third-order valence-electron chi connectivity index (χ3n) is 3.65. The van der Waals surface area contributed by atoms with Crippen LogP contribution < -0.4 is 10.0 Å². The molecule has 0 bridgehead atoms. The molecule has 0 spiro atoms. The largest absolute Gasteiger partial charge is 0.348 e. The molecule has 2 atom stereocenters. The summed E-state index contributed by atoms with van der Waals surface area (Å²) in [5.41, 5.74) is 0.750. The molecular weight excluding hydrogens is 419 g/mol. The summed E-state index contributed by atoms with van der Waals surface area (Å²) in [5.74, 6) is -0.471. The van der Waals surface area contributed by atoms with E-state index in [2.05, 4.69) is 10.0 Å². The van der Waals surface area contributed by atoms with Crippen molar-refractivity contribution in [3.05, 3.63) is 63.1 Å². The minimum absolute atomic E-state index is 0.0269. The molecule has 2 N–H and O–H groups in total. The minimum atomic E-state index is -3.84. The van der Waals surface area contributed by atoms with Gasteiger partial charge in [0.25, 0.3) is 0 Å². The number of hydrogen-bond acceptors (Lipinski definition) is 3. The molecule has 0 aliphatic rings. The predicted octanol–water partition coefficient (Wildman–Crippen LogP) is 4.19. The zero-order valence-electron chi connectivity index (χ0n) is 14.0. The van der Waals surface area contributed by atoms with Gasteiger partial charge in [0.05, 0.1) is 27.0 Å². The standard InChI is InChI=1S/C17H17Cl3N2O3S/c1-10(12-3-8-15(19)16(20)9-12)21-17(23)11(2)22-26(24,25)14-6-4-13(18)5-7-14/h3-11,22H,1-2H3,(H,21,23)/t10?,11-/m0/s1. The van der Waals surface area contributed by atoms with Gasteiger partial charge in [-0.05, 0) is 55.8 Å². The molecule has 0 aromatic heterocycles. The van der Waals surface area contributed by atoms with E-state index in [0.717, 1.165) is 5.56 Å². The normalized spacial score (nSPS) is 13.9. The average Bonchev–Trinajstić information content (AvgIpc) is 2.57. The summed E-state index contributed by atoms with van der Waals surface area (Å²) in [6.07, 6.45) is 0. The molecular formula is C17H17Cl3N2O3S. The van der Waals surface area contributed by atoms with Crippen LogP contribution in [0.4, 0.5) is 0 Å². The summed E-state index contributed by atoms with van der Waals surface area (Å²) in [5, 5.41) is 3.95. The molecule has 1 amide bonds. The third kappa shape index (κ3) is 5.34. The highest BCUT2D eigenvalue weighted by Crippen LogP contribution is 2.25. The van der Waals surface area contributed by atoms with Crippen LogP contribution in [0.5, 0.6) is 0 Å². The molecule has 0 fully saturated rings. The molecule has 0 saturated heterocycles. The molecule has 2 aromatic rings. The quantitative estimate of drug-likeness (QED) is 0.714. The van der Waals surface area contributed by atoms with Gasteiger partial charge in [0.15, 0.2) is 0 Å². The number of hydrogen-bond donors (Lipinski definition) is 2. The highest BCUT2D eigenvalue weighted by Gasteiger charge is 2.23. The summed E-state index contributed by atoms with van der Waals surface area (Å²) in [6.45, 7) is 3.22. The van der Waals surface area contributed by atoms with E-state index in [-0.39, 0.29) is 10.9 Å². The number of benzene rings is 2. The van der Waals surface area contributed by atoms with Crippen LogP contribution in [0.3, 0.4) is 0 Å².